The molecule has 0 spiro atoms. The molecule has 0 rings (SSSR count). The van der Waals surface area contributed by atoms with E-state index in [1.807, 2.05) is 6.08 Å². The first-order valence-corrected chi connectivity index (χ1v) is 7.46. The van der Waals surface area contributed by atoms with Gasteiger partial charge in [0.15, 0.2) is 0 Å². The Morgan fingerprint density at radius 2 is 1.95 bits per heavy atom. The van der Waals surface area contributed by atoms with Crippen LogP contribution in [0.1, 0.15) is 38.5 Å². The van der Waals surface area contributed by atoms with E-state index in [1.54, 1.807) is 4.90 Å². The average Bonchev–Trinajstić information content (AvgIpc) is 2.43. The van der Waals surface area contributed by atoms with Gasteiger partial charge in [0.1, 0.15) is 0 Å². The summed E-state index contributed by atoms with van der Waals surface area (Å²) >= 11 is 0. The number of carbonyl (C=O) groups is 1. The van der Waals surface area contributed by atoms with Crippen LogP contribution >= 0.6 is 0 Å². The summed E-state index contributed by atoms with van der Waals surface area (Å²) < 4.78 is 0. The van der Waals surface area contributed by atoms with E-state index in [2.05, 4.69) is 11.6 Å². The van der Waals surface area contributed by atoms with E-state index < -0.39 is 5.97 Å². The summed E-state index contributed by atoms with van der Waals surface area (Å²) in [5.74, 6) is -1.03. The molecule has 0 amide bonds. The smallest absolute Gasteiger partial charge is 0.862 e. The van der Waals surface area contributed by atoms with Crippen LogP contribution in [-0.4, -0.2) is 59.8 Å². The number of aliphatic imine (C=N–C) groups is 1. The molecule has 0 heterocycles. The molecular formula is C15H27KN2O4. The van der Waals surface area contributed by atoms with Crippen molar-refractivity contribution < 1.29 is 71.5 Å². The Balaban J connectivity index is 0. The number of carboxylic acids is 1. The third-order valence-corrected chi connectivity index (χ3v) is 2.99. The number of aliphatic carboxylic acids is 1. The Morgan fingerprint density at radius 1 is 1.23 bits per heavy atom. The van der Waals surface area contributed by atoms with Crippen LogP contribution in [0.4, 0.5) is 0 Å². The largest absolute Gasteiger partial charge is 1.00 e. The van der Waals surface area contributed by atoms with Gasteiger partial charge in [-0.25, -0.2) is 0 Å². The zero-order valence-electron chi connectivity index (χ0n) is 13.7. The molecule has 0 aromatic heterocycles. The van der Waals surface area contributed by atoms with Crippen LogP contribution < -0.4 is 56.5 Å². The van der Waals surface area contributed by atoms with Gasteiger partial charge in [-0.2, -0.15) is 0 Å². The number of nitrogens with zero attached hydrogens (tertiary/aromatic N) is 2. The second-order valence-corrected chi connectivity index (χ2v) is 4.91. The maximum atomic E-state index is 11.5. The van der Waals surface area contributed by atoms with E-state index in [-0.39, 0.29) is 70.4 Å². The number of hydrogen-bond donors (Lipinski definition) is 2. The number of unbranched alkanes of at least 4 members (excludes halogenated alkanes) is 3. The molecule has 0 unspecified atom stereocenters. The molecule has 0 fully saturated rings. The monoisotopic (exact) mass is 338 g/mol. The fourth-order valence-corrected chi connectivity index (χ4v) is 1.89. The standard InChI is InChI=1S/C15H28N2O4.K/c1-2-3-4-5-6-8-14(19)16-9-11-17(10-7-12-18)13-15(20)21;/h2,18H,1,3-13H2,(H,16,19)(H,20,21);/q;+1/p-1. The normalized spacial score (nSPS) is 11.3. The Morgan fingerprint density at radius 3 is 2.55 bits per heavy atom. The zero-order chi connectivity index (χ0) is 15.9. The molecule has 22 heavy (non-hydrogen) atoms. The van der Waals surface area contributed by atoms with Crippen molar-refractivity contribution in [2.75, 3.05) is 32.8 Å². The van der Waals surface area contributed by atoms with Crippen molar-refractivity contribution in [3.8, 4) is 0 Å². The molecule has 0 atom stereocenters. The maximum Gasteiger partial charge on any atom is 1.00 e. The minimum Gasteiger partial charge on any atom is -0.862 e. The summed E-state index contributed by atoms with van der Waals surface area (Å²) in [6.07, 6.45) is 6.69. The van der Waals surface area contributed by atoms with Gasteiger partial charge in [0.2, 0.25) is 0 Å². The van der Waals surface area contributed by atoms with Gasteiger partial charge in [-0.3, -0.25) is 9.69 Å². The molecule has 122 valence electrons. The van der Waals surface area contributed by atoms with Crippen LogP contribution in [0.2, 0.25) is 0 Å². The van der Waals surface area contributed by atoms with Crippen LogP contribution in [-0.2, 0) is 4.79 Å². The van der Waals surface area contributed by atoms with Crippen molar-refractivity contribution >= 4 is 11.9 Å². The van der Waals surface area contributed by atoms with Gasteiger partial charge in [0, 0.05) is 19.7 Å². The van der Waals surface area contributed by atoms with Gasteiger partial charge in [-0.1, -0.05) is 12.5 Å². The quantitative estimate of drug-likeness (QED) is 0.122. The summed E-state index contributed by atoms with van der Waals surface area (Å²) in [7, 11) is 0. The van der Waals surface area contributed by atoms with Gasteiger partial charge in [-0.15, -0.1) is 6.58 Å². The van der Waals surface area contributed by atoms with Crippen LogP contribution in [0.3, 0.4) is 0 Å². The Hall–Kier alpha value is 0.236. The predicted molar refractivity (Wildman–Crippen MR) is 81.4 cm³/mol. The Kier molecular flexibility index (Phi) is 19.6. The van der Waals surface area contributed by atoms with Crippen molar-refractivity contribution in [3.63, 3.8) is 0 Å². The first-order valence-electron chi connectivity index (χ1n) is 7.46. The third-order valence-electron chi connectivity index (χ3n) is 2.99. The molecule has 2 N–H and O–H groups in total. The summed E-state index contributed by atoms with van der Waals surface area (Å²) in [5, 5.41) is 29.1. The summed E-state index contributed by atoms with van der Waals surface area (Å²) in [6.45, 7) is 4.81. The average molecular weight is 338 g/mol. The number of allylic oxidation sites excluding steroid dienone is 1. The van der Waals surface area contributed by atoms with Crippen LogP contribution in [0, 0.1) is 0 Å². The molecule has 6 nitrogen and oxygen atoms in total. The van der Waals surface area contributed by atoms with Crippen molar-refractivity contribution in [3.05, 3.63) is 12.7 Å². The molecule has 0 aromatic carbocycles. The van der Waals surface area contributed by atoms with Crippen molar-refractivity contribution in [2.24, 2.45) is 4.99 Å². The Labute approximate surface area is 175 Å². The van der Waals surface area contributed by atoms with Gasteiger partial charge in [0.25, 0.3) is 0 Å². The van der Waals surface area contributed by atoms with Gasteiger partial charge < -0.3 is 20.3 Å². The number of hydrogen-bond acceptors (Lipinski definition) is 5. The van der Waals surface area contributed by atoms with Crippen LogP contribution in [0.5, 0.6) is 0 Å². The predicted octanol–water partition coefficient (Wildman–Crippen LogP) is -2.35. The Bertz CT molecular complexity index is 325. The molecule has 0 saturated heterocycles. The second-order valence-electron chi connectivity index (χ2n) is 4.91. The number of rotatable bonds is 14. The van der Waals surface area contributed by atoms with E-state index >= 15 is 0 Å². The minimum absolute atomic E-state index is 0. The molecular weight excluding hydrogens is 311 g/mol. The fraction of sp³-hybridized carbons (Fsp3) is 0.733. The van der Waals surface area contributed by atoms with Crippen LogP contribution in [0.15, 0.2) is 17.6 Å². The minimum atomic E-state index is -0.915. The van der Waals surface area contributed by atoms with Crippen molar-refractivity contribution in [1.82, 2.24) is 4.90 Å². The van der Waals surface area contributed by atoms with E-state index in [1.165, 1.54) is 0 Å². The summed E-state index contributed by atoms with van der Waals surface area (Å²) in [4.78, 5) is 16.3. The number of aliphatic hydroxyl groups is 1. The zero-order valence-corrected chi connectivity index (χ0v) is 16.8. The molecule has 0 saturated carbocycles. The van der Waals surface area contributed by atoms with Crippen LogP contribution in [0.25, 0.3) is 0 Å². The third kappa shape index (κ3) is 16.6. The molecule has 0 aliphatic heterocycles. The molecule has 0 radical (unpaired) electrons. The van der Waals surface area contributed by atoms with Crippen molar-refractivity contribution in [1.29, 1.82) is 0 Å². The second kappa shape index (κ2) is 17.6. The molecule has 0 aromatic rings. The summed E-state index contributed by atoms with van der Waals surface area (Å²) in [6, 6.07) is 0. The number of aliphatic hydroxyl groups excluding tert-OH is 1. The topological polar surface area (TPSA) is 96.2 Å². The first kappa shape index (κ1) is 24.5. The molecule has 7 heteroatoms. The van der Waals surface area contributed by atoms with E-state index in [0.29, 0.717) is 32.5 Å². The van der Waals surface area contributed by atoms with E-state index in [9.17, 15) is 9.90 Å². The molecule has 0 aliphatic rings. The van der Waals surface area contributed by atoms with Gasteiger partial charge in [-0.05, 0) is 38.0 Å². The summed E-state index contributed by atoms with van der Waals surface area (Å²) in [5.41, 5.74) is 0. The van der Waals surface area contributed by atoms with E-state index in [0.717, 1.165) is 25.7 Å². The van der Waals surface area contributed by atoms with Crippen molar-refractivity contribution in [2.45, 2.75) is 38.5 Å². The molecule has 0 aliphatic carbocycles. The van der Waals surface area contributed by atoms with Gasteiger partial charge >= 0.3 is 57.4 Å². The van der Waals surface area contributed by atoms with Gasteiger partial charge in [0.05, 0.1) is 13.1 Å². The number of carboxylic acid groups (broad SMARTS) is 1. The molecule has 0 bridgehead atoms. The SMILES string of the molecule is C=CCCCCCC([O-])=NCCN(CCCO)CC(=O)O.[K+]. The van der Waals surface area contributed by atoms with E-state index in [4.69, 9.17) is 10.2 Å². The fourth-order valence-electron chi connectivity index (χ4n) is 1.89. The first-order chi connectivity index (χ1) is 10.1. The maximum absolute atomic E-state index is 11.5.